The predicted octanol–water partition coefficient (Wildman–Crippen LogP) is 14.8. The third-order valence-electron chi connectivity index (χ3n) is 12.6. The first-order valence-electron chi connectivity index (χ1n) is 23.3. The van der Waals surface area contributed by atoms with E-state index >= 15 is 0 Å². The minimum absolute atomic E-state index is 0.497. The zero-order valence-corrected chi connectivity index (χ0v) is 37.9. The van der Waals surface area contributed by atoms with Crippen molar-refractivity contribution in [2.45, 2.75) is 0 Å². The second-order valence-corrected chi connectivity index (χ2v) is 17.1. The van der Waals surface area contributed by atoms with Crippen LogP contribution in [0.4, 0.5) is 17.2 Å². The van der Waals surface area contributed by atoms with Crippen molar-refractivity contribution < 1.29 is 4.42 Å². The highest BCUT2D eigenvalue weighted by Crippen LogP contribution is 2.40. The summed E-state index contributed by atoms with van der Waals surface area (Å²) in [6, 6.07) is 73.4. The van der Waals surface area contributed by atoms with Crippen LogP contribution in [0.3, 0.4) is 0 Å². The first-order chi connectivity index (χ1) is 35.2. The number of para-hydroxylation sites is 1. The first-order valence-corrected chi connectivity index (χ1v) is 23.3. The number of furan rings is 1. The Bertz CT molecular complexity index is 3920. The zero-order chi connectivity index (χ0) is 47.1. The molecule has 0 aliphatic carbocycles. The molecule has 0 radical (unpaired) electrons. The lowest BCUT2D eigenvalue weighted by Gasteiger charge is -2.25. The van der Waals surface area contributed by atoms with Crippen LogP contribution < -0.4 is 4.90 Å². The van der Waals surface area contributed by atoms with Gasteiger partial charge < -0.3 is 4.42 Å². The van der Waals surface area contributed by atoms with Crippen LogP contribution in [0.5, 0.6) is 0 Å². The molecular formula is C61H39N9O. The van der Waals surface area contributed by atoms with Gasteiger partial charge in [-0.1, -0.05) is 115 Å². The number of hydrogen-bond donors (Lipinski definition) is 0. The molecule has 0 atom stereocenters. The van der Waals surface area contributed by atoms with Gasteiger partial charge >= 0.3 is 0 Å². The molecule has 71 heavy (non-hydrogen) atoms. The molecule has 0 saturated carbocycles. The Kier molecular flexibility index (Phi) is 10.2. The Morgan fingerprint density at radius 2 is 0.972 bits per heavy atom. The van der Waals surface area contributed by atoms with Gasteiger partial charge in [-0.25, -0.2) is 15.0 Å². The van der Waals surface area contributed by atoms with Crippen molar-refractivity contribution in [3.8, 4) is 73.9 Å². The molecule has 7 aromatic heterocycles. The van der Waals surface area contributed by atoms with Crippen molar-refractivity contribution in [1.82, 2.24) is 39.5 Å². The average Bonchev–Trinajstić information content (AvgIpc) is 4.07. The topological polar surface area (TPSA) is 112 Å². The summed E-state index contributed by atoms with van der Waals surface area (Å²) < 4.78 is 8.89. The minimum Gasteiger partial charge on any atom is -0.456 e. The van der Waals surface area contributed by atoms with Crippen molar-refractivity contribution in [3.63, 3.8) is 0 Å². The molecule has 6 aromatic carbocycles. The molecular weight excluding hydrogens is 875 g/mol. The minimum atomic E-state index is 0.497. The molecule has 13 rings (SSSR count). The second-order valence-electron chi connectivity index (χ2n) is 17.1. The van der Waals surface area contributed by atoms with Gasteiger partial charge in [-0.15, -0.1) is 0 Å². The van der Waals surface area contributed by atoms with E-state index in [0.717, 1.165) is 89.0 Å². The van der Waals surface area contributed by atoms with Crippen LogP contribution >= 0.6 is 0 Å². The molecule has 334 valence electrons. The van der Waals surface area contributed by atoms with Gasteiger partial charge in [-0.2, -0.15) is 9.97 Å². The molecule has 0 spiro atoms. The molecule has 0 aliphatic heterocycles. The summed E-state index contributed by atoms with van der Waals surface area (Å²) in [4.78, 5) is 37.0. The van der Waals surface area contributed by atoms with E-state index in [9.17, 15) is 0 Å². The van der Waals surface area contributed by atoms with E-state index in [1.165, 1.54) is 0 Å². The van der Waals surface area contributed by atoms with E-state index in [0.29, 0.717) is 34.9 Å². The highest BCUT2D eigenvalue weighted by Gasteiger charge is 2.22. The third-order valence-corrected chi connectivity index (χ3v) is 12.6. The highest BCUT2D eigenvalue weighted by molar-refractivity contribution is 6.11. The number of pyridine rings is 4. The van der Waals surface area contributed by atoms with Crippen LogP contribution in [0.15, 0.2) is 241 Å². The summed E-state index contributed by atoms with van der Waals surface area (Å²) in [6.07, 6.45) is 5.46. The lowest BCUT2D eigenvalue weighted by atomic mass is 10.1. The molecule has 0 unspecified atom stereocenters. The molecule has 10 heteroatoms. The number of benzene rings is 6. The van der Waals surface area contributed by atoms with Crippen LogP contribution in [-0.2, 0) is 0 Å². The van der Waals surface area contributed by atoms with Gasteiger partial charge in [0.05, 0.1) is 33.5 Å². The third kappa shape index (κ3) is 7.81. The van der Waals surface area contributed by atoms with E-state index in [-0.39, 0.29) is 0 Å². The number of rotatable bonds is 10. The molecule has 13 aromatic rings. The molecule has 10 nitrogen and oxygen atoms in total. The fraction of sp³-hybridized carbons (Fsp3) is 0. The van der Waals surface area contributed by atoms with Crippen molar-refractivity contribution in [2.75, 3.05) is 4.90 Å². The van der Waals surface area contributed by atoms with Crippen LogP contribution in [0, 0.1) is 0 Å². The van der Waals surface area contributed by atoms with Crippen LogP contribution in [0.25, 0.3) is 107 Å². The number of aromatic nitrogens is 8. The van der Waals surface area contributed by atoms with Crippen molar-refractivity contribution >= 4 is 50.0 Å². The van der Waals surface area contributed by atoms with Crippen molar-refractivity contribution in [1.29, 1.82) is 0 Å². The molecule has 0 N–H and O–H groups in total. The van der Waals surface area contributed by atoms with Crippen LogP contribution in [0.2, 0.25) is 0 Å². The summed E-state index contributed by atoms with van der Waals surface area (Å²) in [5.41, 5.74) is 12.7. The lowest BCUT2D eigenvalue weighted by Crippen LogP contribution is -2.12. The maximum Gasteiger partial charge on any atom is 0.238 e. The van der Waals surface area contributed by atoms with Crippen molar-refractivity contribution in [3.05, 3.63) is 237 Å². The summed E-state index contributed by atoms with van der Waals surface area (Å²) in [6.45, 7) is 0. The molecule has 0 aliphatic rings. The van der Waals surface area contributed by atoms with E-state index in [1.54, 1.807) is 0 Å². The molecule has 0 saturated heterocycles. The Morgan fingerprint density at radius 3 is 1.61 bits per heavy atom. The molecule has 0 bridgehead atoms. The fourth-order valence-electron chi connectivity index (χ4n) is 9.22. The SMILES string of the molecule is c1ccc(-c2nc(-c3ccccc3)nc(-n3c4ccc(-c5ccc(-c6ccnc(N(c7cccc(-c8ccccn8)c7)c7cccc(-c8ccccn8)c7)c6)o5)cc4c4nc5ccccc5cc43)n2)cc1. The Balaban J connectivity index is 0.919. The van der Waals surface area contributed by atoms with E-state index in [1.807, 2.05) is 152 Å². The number of fused-ring (bicyclic) bond motifs is 4. The summed E-state index contributed by atoms with van der Waals surface area (Å²) in [5.74, 6) is 3.79. The van der Waals surface area contributed by atoms with Gasteiger partial charge in [0.15, 0.2) is 11.6 Å². The summed E-state index contributed by atoms with van der Waals surface area (Å²) in [7, 11) is 0. The van der Waals surface area contributed by atoms with E-state index in [4.69, 9.17) is 29.3 Å². The fourth-order valence-corrected chi connectivity index (χ4v) is 9.22. The van der Waals surface area contributed by atoms with Crippen molar-refractivity contribution in [2.24, 2.45) is 0 Å². The smallest absolute Gasteiger partial charge is 0.238 e. The van der Waals surface area contributed by atoms with Gasteiger partial charge in [-0.05, 0) is 103 Å². The van der Waals surface area contributed by atoms with Gasteiger partial charge in [0.1, 0.15) is 17.3 Å². The van der Waals surface area contributed by atoms with Crippen LogP contribution in [0.1, 0.15) is 0 Å². The first kappa shape index (κ1) is 41.3. The van der Waals surface area contributed by atoms with Gasteiger partial charge in [0, 0.05) is 74.1 Å². The maximum atomic E-state index is 6.78. The van der Waals surface area contributed by atoms with Gasteiger partial charge in [-0.3, -0.25) is 19.4 Å². The Labute approximate surface area is 408 Å². The molecule has 7 heterocycles. The molecule has 0 fully saturated rings. The highest BCUT2D eigenvalue weighted by atomic mass is 16.3. The Morgan fingerprint density at radius 1 is 0.380 bits per heavy atom. The van der Waals surface area contributed by atoms with E-state index in [2.05, 4.69) is 104 Å². The maximum absolute atomic E-state index is 6.78. The van der Waals surface area contributed by atoms with Crippen LogP contribution in [-0.4, -0.2) is 39.5 Å². The monoisotopic (exact) mass is 913 g/mol. The van der Waals surface area contributed by atoms with Gasteiger partial charge in [0.25, 0.3) is 0 Å². The number of anilines is 3. The zero-order valence-electron chi connectivity index (χ0n) is 37.9. The lowest BCUT2D eigenvalue weighted by molar-refractivity contribution is 0.597. The molecule has 0 amide bonds. The Hall–Kier alpha value is -9.93. The average molecular weight is 914 g/mol. The number of hydrogen-bond acceptors (Lipinski definition) is 9. The van der Waals surface area contributed by atoms with Gasteiger partial charge in [0.2, 0.25) is 5.95 Å². The number of nitrogens with zero attached hydrogens (tertiary/aromatic N) is 9. The van der Waals surface area contributed by atoms with E-state index < -0.39 is 0 Å². The predicted molar refractivity (Wildman–Crippen MR) is 282 cm³/mol. The standard InChI is InChI=1S/C61H39N9O/c1-3-15-40(16-4-1)59-66-60(41-17-5-2-6-18-41)68-61(67-59)70-53-28-27-45(37-49(53)58-54(70)38-44-19-7-8-26-52(44)65-58)55-29-30-56(71-55)46-31-34-64-57(39-46)69(47-22-13-20-42(35-47)50-24-9-11-32-62-50)48-23-14-21-43(36-48)51-25-10-12-33-63-51/h1-39H. The normalized spacial score (nSPS) is 11.4. The largest absolute Gasteiger partial charge is 0.456 e. The summed E-state index contributed by atoms with van der Waals surface area (Å²) in [5, 5.41) is 1.95. The quantitative estimate of drug-likeness (QED) is 0.132. The summed E-state index contributed by atoms with van der Waals surface area (Å²) >= 11 is 0. The second kappa shape index (κ2) is 17.6.